The molecule has 0 heterocycles. The van der Waals surface area contributed by atoms with Crippen LogP contribution in [0.1, 0.15) is 31.7 Å². The Morgan fingerprint density at radius 2 is 1.58 bits per heavy atom. The van der Waals surface area contributed by atoms with Gasteiger partial charge in [0.15, 0.2) is 17.5 Å². The van der Waals surface area contributed by atoms with Crippen molar-refractivity contribution in [1.29, 1.82) is 0 Å². The van der Waals surface area contributed by atoms with Gasteiger partial charge in [-0.3, -0.25) is 4.72 Å². The molecule has 0 aromatic heterocycles. The summed E-state index contributed by atoms with van der Waals surface area (Å²) in [5.74, 6) is -4.68. The monoisotopic (exact) mass is 357 g/mol. The van der Waals surface area contributed by atoms with Gasteiger partial charge in [-0.2, -0.15) is 0 Å². The smallest absolute Gasteiger partial charge is 0.261 e. The molecule has 0 unspecified atom stereocenters. The van der Waals surface area contributed by atoms with E-state index in [9.17, 15) is 21.6 Å². The summed E-state index contributed by atoms with van der Waals surface area (Å²) >= 11 is 0. The third-order valence-corrected chi connectivity index (χ3v) is 4.96. The number of anilines is 1. The highest BCUT2D eigenvalue weighted by molar-refractivity contribution is 7.92. The summed E-state index contributed by atoms with van der Waals surface area (Å²) in [5.41, 5.74) is 0.363. The maximum Gasteiger partial charge on any atom is 0.261 e. The minimum Gasteiger partial charge on any atom is -0.277 e. The zero-order chi connectivity index (χ0) is 17.7. The Morgan fingerprint density at radius 3 is 2.21 bits per heavy atom. The fourth-order valence-corrected chi connectivity index (χ4v) is 3.28. The molecule has 2 aromatic carbocycles. The molecule has 1 N–H and O–H groups in total. The molecule has 130 valence electrons. The number of halogens is 3. The fourth-order valence-electron chi connectivity index (χ4n) is 2.22. The Kier molecular flexibility index (Phi) is 5.88. The van der Waals surface area contributed by atoms with Gasteiger partial charge in [-0.25, -0.2) is 21.6 Å². The Hall–Kier alpha value is -2.02. The molecule has 3 nitrogen and oxygen atoms in total. The molecular weight excluding hydrogens is 339 g/mol. The second-order valence-corrected chi connectivity index (χ2v) is 7.11. The SMILES string of the molecule is CCCCCc1ccc(S(=O)(=O)Nc2ccc(F)c(F)c2F)cc1. The van der Waals surface area contributed by atoms with Crippen LogP contribution in [-0.2, 0) is 16.4 Å². The highest BCUT2D eigenvalue weighted by atomic mass is 32.2. The van der Waals surface area contributed by atoms with Gasteiger partial charge < -0.3 is 0 Å². The van der Waals surface area contributed by atoms with E-state index in [0.717, 1.165) is 37.3 Å². The molecule has 2 rings (SSSR count). The van der Waals surface area contributed by atoms with Crippen molar-refractivity contribution in [1.82, 2.24) is 0 Å². The summed E-state index contributed by atoms with van der Waals surface area (Å²) in [7, 11) is -4.09. The van der Waals surface area contributed by atoms with Gasteiger partial charge >= 0.3 is 0 Å². The van der Waals surface area contributed by atoms with E-state index in [1.165, 1.54) is 12.1 Å². The van der Waals surface area contributed by atoms with Crippen LogP contribution in [0.5, 0.6) is 0 Å². The number of hydrogen-bond acceptors (Lipinski definition) is 2. The predicted molar refractivity (Wildman–Crippen MR) is 86.8 cm³/mol. The number of nitrogens with one attached hydrogen (secondary N) is 1. The molecule has 0 fully saturated rings. The topological polar surface area (TPSA) is 46.2 Å². The first kappa shape index (κ1) is 18.3. The molecule has 0 aliphatic rings. The third-order valence-electron chi connectivity index (χ3n) is 3.58. The number of rotatable bonds is 7. The second kappa shape index (κ2) is 7.70. The highest BCUT2D eigenvalue weighted by Crippen LogP contribution is 2.23. The third kappa shape index (κ3) is 4.29. The largest absolute Gasteiger partial charge is 0.277 e. The van der Waals surface area contributed by atoms with Crippen LogP contribution in [0.25, 0.3) is 0 Å². The van der Waals surface area contributed by atoms with E-state index in [1.54, 1.807) is 12.1 Å². The molecule has 0 aliphatic carbocycles. The van der Waals surface area contributed by atoms with Gasteiger partial charge in [-0.05, 0) is 42.7 Å². The number of hydrogen-bond donors (Lipinski definition) is 1. The maximum atomic E-state index is 13.6. The molecule has 0 amide bonds. The van der Waals surface area contributed by atoms with E-state index in [2.05, 4.69) is 6.92 Å². The van der Waals surface area contributed by atoms with Crippen molar-refractivity contribution in [2.75, 3.05) is 4.72 Å². The Labute approximate surface area is 139 Å². The standard InChI is InChI=1S/C17H18F3NO2S/c1-2-3-4-5-12-6-8-13(9-7-12)24(22,23)21-15-11-10-14(18)16(19)17(15)20/h6-11,21H,2-5H2,1H3. The average Bonchev–Trinajstić information content (AvgIpc) is 2.56. The number of unbranched alkanes of at least 4 members (excludes halogenated alkanes) is 2. The van der Waals surface area contributed by atoms with Gasteiger partial charge in [-0.1, -0.05) is 31.9 Å². The first-order valence-electron chi connectivity index (χ1n) is 7.60. The Morgan fingerprint density at radius 1 is 0.917 bits per heavy atom. The van der Waals surface area contributed by atoms with Gasteiger partial charge in [-0.15, -0.1) is 0 Å². The first-order valence-corrected chi connectivity index (χ1v) is 9.08. The molecule has 0 spiro atoms. The number of aryl methyl sites for hydroxylation is 1. The van der Waals surface area contributed by atoms with Crippen LogP contribution in [0.3, 0.4) is 0 Å². The van der Waals surface area contributed by atoms with E-state index in [1.807, 2.05) is 4.72 Å². The van der Waals surface area contributed by atoms with E-state index in [-0.39, 0.29) is 4.90 Å². The number of benzene rings is 2. The fraction of sp³-hybridized carbons (Fsp3) is 0.294. The van der Waals surface area contributed by atoms with Crippen LogP contribution in [0.4, 0.5) is 18.9 Å². The minimum atomic E-state index is -4.09. The van der Waals surface area contributed by atoms with Crippen LogP contribution in [-0.4, -0.2) is 8.42 Å². The molecule has 0 aliphatic heterocycles. The van der Waals surface area contributed by atoms with Crippen LogP contribution in [0, 0.1) is 17.5 Å². The van der Waals surface area contributed by atoms with Crippen LogP contribution in [0.15, 0.2) is 41.3 Å². The normalized spacial score (nSPS) is 11.5. The average molecular weight is 357 g/mol. The van der Waals surface area contributed by atoms with Gasteiger partial charge in [0, 0.05) is 0 Å². The highest BCUT2D eigenvalue weighted by Gasteiger charge is 2.19. The lowest BCUT2D eigenvalue weighted by Gasteiger charge is -2.10. The van der Waals surface area contributed by atoms with Crippen LogP contribution < -0.4 is 4.72 Å². The van der Waals surface area contributed by atoms with Crippen molar-refractivity contribution in [2.24, 2.45) is 0 Å². The van der Waals surface area contributed by atoms with E-state index in [0.29, 0.717) is 6.07 Å². The molecule has 0 saturated heterocycles. The van der Waals surface area contributed by atoms with Crippen molar-refractivity contribution in [3.8, 4) is 0 Å². The summed E-state index contributed by atoms with van der Waals surface area (Å²) in [4.78, 5) is -0.0779. The molecular formula is C17H18F3NO2S. The molecule has 0 radical (unpaired) electrons. The van der Waals surface area contributed by atoms with Crippen molar-refractivity contribution in [3.05, 3.63) is 59.4 Å². The van der Waals surface area contributed by atoms with E-state index in [4.69, 9.17) is 0 Å². The van der Waals surface area contributed by atoms with Gasteiger partial charge in [0.2, 0.25) is 0 Å². The van der Waals surface area contributed by atoms with Crippen LogP contribution >= 0.6 is 0 Å². The molecule has 0 atom stereocenters. The summed E-state index contributed by atoms with van der Waals surface area (Å²) < 4.78 is 66.1. The minimum absolute atomic E-state index is 0.0779. The van der Waals surface area contributed by atoms with E-state index >= 15 is 0 Å². The number of sulfonamides is 1. The van der Waals surface area contributed by atoms with Crippen molar-refractivity contribution in [3.63, 3.8) is 0 Å². The maximum absolute atomic E-state index is 13.6. The lowest BCUT2D eigenvalue weighted by molar-refractivity contribution is 0.449. The van der Waals surface area contributed by atoms with Gasteiger partial charge in [0.05, 0.1) is 10.6 Å². The summed E-state index contributed by atoms with van der Waals surface area (Å²) in [6, 6.07) is 7.68. The van der Waals surface area contributed by atoms with Crippen LogP contribution in [0.2, 0.25) is 0 Å². The Bertz CT molecular complexity index is 805. The first-order chi connectivity index (χ1) is 11.3. The molecule has 0 bridgehead atoms. The van der Waals surface area contributed by atoms with Crippen molar-refractivity contribution >= 4 is 15.7 Å². The van der Waals surface area contributed by atoms with Crippen molar-refractivity contribution in [2.45, 2.75) is 37.5 Å². The quantitative estimate of drug-likeness (QED) is 0.580. The summed E-state index contributed by atoms with van der Waals surface area (Å²) in [6.07, 6.45) is 4.05. The van der Waals surface area contributed by atoms with Gasteiger partial charge in [0.25, 0.3) is 10.0 Å². The zero-order valence-corrected chi connectivity index (χ0v) is 14.0. The lowest BCUT2D eigenvalue weighted by Crippen LogP contribution is -2.14. The molecule has 24 heavy (non-hydrogen) atoms. The van der Waals surface area contributed by atoms with E-state index < -0.39 is 33.2 Å². The molecule has 2 aromatic rings. The lowest BCUT2D eigenvalue weighted by atomic mass is 10.1. The molecule has 0 saturated carbocycles. The summed E-state index contributed by atoms with van der Waals surface area (Å²) in [5, 5.41) is 0. The van der Waals surface area contributed by atoms with Crippen molar-refractivity contribution < 1.29 is 21.6 Å². The second-order valence-electron chi connectivity index (χ2n) is 5.43. The molecule has 7 heteroatoms. The predicted octanol–water partition coefficient (Wildman–Crippen LogP) is 4.64. The summed E-state index contributed by atoms with van der Waals surface area (Å²) in [6.45, 7) is 2.10. The Balaban J connectivity index is 2.17. The van der Waals surface area contributed by atoms with Gasteiger partial charge in [0.1, 0.15) is 0 Å². The zero-order valence-electron chi connectivity index (χ0n) is 13.2.